The van der Waals surface area contributed by atoms with Gasteiger partial charge in [-0.2, -0.15) is 5.10 Å². The van der Waals surface area contributed by atoms with Crippen LogP contribution in [0.4, 0.5) is 4.79 Å². The van der Waals surface area contributed by atoms with Crippen LogP contribution < -0.4 is 10.6 Å². The fourth-order valence-electron chi connectivity index (χ4n) is 2.40. The highest BCUT2D eigenvalue weighted by molar-refractivity contribution is 5.74. The number of nitrogens with zero attached hydrogens (tertiary/aromatic N) is 2. The fraction of sp³-hybridized carbons (Fsp3) is 0.412. The SMILES string of the molecule is CCC(CCO)NC(=O)NCc1ccccc1Cn1cccn1. The van der Waals surface area contributed by atoms with E-state index in [1.54, 1.807) is 6.20 Å². The molecule has 0 fully saturated rings. The van der Waals surface area contributed by atoms with E-state index in [9.17, 15) is 4.79 Å². The zero-order valence-electron chi connectivity index (χ0n) is 13.4. The summed E-state index contributed by atoms with van der Waals surface area (Å²) in [6.45, 7) is 3.19. The minimum atomic E-state index is -0.209. The molecule has 1 aromatic carbocycles. The van der Waals surface area contributed by atoms with E-state index in [-0.39, 0.29) is 18.7 Å². The highest BCUT2D eigenvalue weighted by atomic mass is 16.3. The molecule has 1 atom stereocenters. The molecule has 6 nitrogen and oxygen atoms in total. The molecule has 23 heavy (non-hydrogen) atoms. The Bertz CT molecular complexity index is 598. The second-order valence-corrected chi connectivity index (χ2v) is 5.42. The number of hydrogen-bond donors (Lipinski definition) is 3. The highest BCUT2D eigenvalue weighted by Crippen LogP contribution is 2.10. The normalized spacial score (nSPS) is 11.9. The third kappa shape index (κ3) is 5.41. The number of rotatable bonds is 8. The molecule has 0 aliphatic rings. The van der Waals surface area contributed by atoms with Gasteiger partial charge in [0.15, 0.2) is 0 Å². The van der Waals surface area contributed by atoms with Crippen molar-refractivity contribution in [3.8, 4) is 0 Å². The lowest BCUT2D eigenvalue weighted by Crippen LogP contribution is -2.42. The summed E-state index contributed by atoms with van der Waals surface area (Å²) in [6, 6.07) is 9.67. The summed E-state index contributed by atoms with van der Waals surface area (Å²) in [6.07, 6.45) is 5.03. The molecule has 0 bridgehead atoms. The van der Waals surface area contributed by atoms with Crippen molar-refractivity contribution >= 4 is 6.03 Å². The monoisotopic (exact) mass is 316 g/mol. The Morgan fingerprint density at radius 2 is 2.09 bits per heavy atom. The summed E-state index contributed by atoms with van der Waals surface area (Å²) in [5.41, 5.74) is 2.19. The van der Waals surface area contributed by atoms with Gasteiger partial charge >= 0.3 is 6.03 Å². The van der Waals surface area contributed by atoms with E-state index in [4.69, 9.17) is 5.11 Å². The molecule has 1 heterocycles. The molecule has 2 amide bonds. The molecular formula is C17H24N4O2. The third-order valence-corrected chi connectivity index (χ3v) is 3.75. The summed E-state index contributed by atoms with van der Waals surface area (Å²) in [4.78, 5) is 12.0. The Kier molecular flexibility index (Phi) is 6.62. The number of carbonyl (C=O) groups is 1. The van der Waals surface area contributed by atoms with Crippen LogP contribution in [0.25, 0.3) is 0 Å². The van der Waals surface area contributed by atoms with Crippen LogP contribution in [0.5, 0.6) is 0 Å². The van der Waals surface area contributed by atoms with Gasteiger partial charge in [0.05, 0.1) is 6.54 Å². The van der Waals surface area contributed by atoms with Gasteiger partial charge < -0.3 is 15.7 Å². The van der Waals surface area contributed by atoms with E-state index < -0.39 is 0 Å². The van der Waals surface area contributed by atoms with Crippen LogP contribution in [0.3, 0.4) is 0 Å². The molecule has 0 aliphatic carbocycles. The summed E-state index contributed by atoms with van der Waals surface area (Å²) in [5.74, 6) is 0. The smallest absolute Gasteiger partial charge is 0.315 e. The lowest BCUT2D eigenvalue weighted by atomic mass is 10.1. The van der Waals surface area contributed by atoms with Crippen LogP contribution in [-0.4, -0.2) is 33.6 Å². The van der Waals surface area contributed by atoms with Crippen LogP contribution in [0.15, 0.2) is 42.7 Å². The maximum Gasteiger partial charge on any atom is 0.315 e. The molecule has 6 heteroatoms. The molecule has 3 N–H and O–H groups in total. The second kappa shape index (κ2) is 8.95. The molecule has 124 valence electrons. The van der Waals surface area contributed by atoms with Crippen molar-refractivity contribution in [3.63, 3.8) is 0 Å². The number of benzene rings is 1. The molecule has 1 aromatic heterocycles. The van der Waals surface area contributed by atoms with Crippen molar-refractivity contribution in [1.82, 2.24) is 20.4 Å². The molecule has 2 rings (SSSR count). The average molecular weight is 316 g/mol. The largest absolute Gasteiger partial charge is 0.396 e. The Balaban J connectivity index is 1.91. The van der Waals surface area contributed by atoms with E-state index in [2.05, 4.69) is 15.7 Å². The van der Waals surface area contributed by atoms with Crippen LogP contribution in [0.1, 0.15) is 30.9 Å². The third-order valence-electron chi connectivity index (χ3n) is 3.75. The number of hydrogen-bond acceptors (Lipinski definition) is 3. The van der Waals surface area contributed by atoms with Crippen LogP contribution in [-0.2, 0) is 13.1 Å². The number of aliphatic hydroxyl groups excluding tert-OH is 1. The topological polar surface area (TPSA) is 79.2 Å². The van der Waals surface area contributed by atoms with E-state index in [1.165, 1.54) is 0 Å². The molecule has 0 saturated heterocycles. The van der Waals surface area contributed by atoms with Gasteiger partial charge in [-0.3, -0.25) is 4.68 Å². The van der Waals surface area contributed by atoms with Crippen molar-refractivity contribution in [2.24, 2.45) is 0 Å². The van der Waals surface area contributed by atoms with Gasteiger partial charge in [0.25, 0.3) is 0 Å². The molecule has 2 aromatic rings. The van der Waals surface area contributed by atoms with Gasteiger partial charge in [-0.25, -0.2) is 4.79 Å². The van der Waals surface area contributed by atoms with Gasteiger partial charge in [0.1, 0.15) is 0 Å². The van der Waals surface area contributed by atoms with E-state index in [0.717, 1.165) is 17.5 Å². The Labute approximate surface area is 136 Å². The second-order valence-electron chi connectivity index (χ2n) is 5.42. The van der Waals surface area contributed by atoms with Gasteiger partial charge in [0.2, 0.25) is 0 Å². The lowest BCUT2D eigenvalue weighted by molar-refractivity contribution is 0.227. The molecule has 0 radical (unpaired) electrons. The van der Waals surface area contributed by atoms with Gasteiger partial charge in [-0.1, -0.05) is 31.2 Å². The van der Waals surface area contributed by atoms with Crippen LogP contribution >= 0.6 is 0 Å². The van der Waals surface area contributed by atoms with Crippen LogP contribution in [0.2, 0.25) is 0 Å². The standard InChI is InChI=1S/C17H24N4O2/c1-2-16(8-11-22)20-17(23)18-12-14-6-3-4-7-15(14)13-21-10-5-9-19-21/h3-7,9-10,16,22H,2,8,11-13H2,1H3,(H2,18,20,23). The predicted molar refractivity (Wildman–Crippen MR) is 88.9 cm³/mol. The number of amides is 2. The zero-order valence-corrected chi connectivity index (χ0v) is 13.4. The first kappa shape index (κ1) is 17.0. The summed E-state index contributed by atoms with van der Waals surface area (Å²) >= 11 is 0. The fourth-order valence-corrected chi connectivity index (χ4v) is 2.40. The number of carbonyl (C=O) groups excluding carboxylic acids is 1. The number of urea groups is 1. The maximum absolute atomic E-state index is 12.0. The Morgan fingerprint density at radius 3 is 2.74 bits per heavy atom. The number of aromatic nitrogens is 2. The van der Waals surface area contributed by atoms with Gasteiger partial charge in [-0.05, 0) is 30.0 Å². The molecule has 0 saturated carbocycles. The van der Waals surface area contributed by atoms with Crippen molar-refractivity contribution in [1.29, 1.82) is 0 Å². The average Bonchev–Trinajstić information content (AvgIpc) is 3.06. The molecule has 0 aliphatic heterocycles. The summed E-state index contributed by atoms with van der Waals surface area (Å²) in [7, 11) is 0. The first-order valence-corrected chi connectivity index (χ1v) is 7.92. The number of aliphatic hydroxyl groups is 1. The molecule has 1 unspecified atom stereocenters. The highest BCUT2D eigenvalue weighted by Gasteiger charge is 2.10. The van der Waals surface area contributed by atoms with Crippen LogP contribution in [0, 0.1) is 0 Å². The quantitative estimate of drug-likeness (QED) is 0.696. The first-order chi connectivity index (χ1) is 11.2. The first-order valence-electron chi connectivity index (χ1n) is 7.92. The van der Waals surface area contributed by atoms with Crippen molar-refractivity contribution in [3.05, 3.63) is 53.9 Å². The van der Waals surface area contributed by atoms with Crippen molar-refractivity contribution < 1.29 is 9.90 Å². The molecule has 0 spiro atoms. The minimum absolute atomic E-state index is 0.000631. The van der Waals surface area contributed by atoms with E-state index in [1.807, 2.05) is 48.1 Å². The maximum atomic E-state index is 12.0. The lowest BCUT2D eigenvalue weighted by Gasteiger charge is -2.17. The minimum Gasteiger partial charge on any atom is -0.396 e. The van der Waals surface area contributed by atoms with E-state index in [0.29, 0.717) is 19.5 Å². The number of nitrogens with one attached hydrogen (secondary N) is 2. The van der Waals surface area contributed by atoms with E-state index >= 15 is 0 Å². The zero-order chi connectivity index (χ0) is 16.5. The summed E-state index contributed by atoms with van der Waals surface area (Å²) in [5, 5.41) is 18.9. The Morgan fingerprint density at radius 1 is 1.30 bits per heavy atom. The van der Waals surface area contributed by atoms with Gasteiger partial charge in [-0.15, -0.1) is 0 Å². The predicted octanol–water partition coefficient (Wildman–Crippen LogP) is 1.89. The van der Waals surface area contributed by atoms with Crippen molar-refractivity contribution in [2.45, 2.75) is 38.9 Å². The Hall–Kier alpha value is -2.34. The van der Waals surface area contributed by atoms with Gasteiger partial charge in [0, 0.05) is 31.6 Å². The summed E-state index contributed by atoms with van der Waals surface area (Å²) < 4.78 is 1.85. The van der Waals surface area contributed by atoms with Crippen molar-refractivity contribution in [2.75, 3.05) is 6.61 Å². The molecular weight excluding hydrogens is 292 g/mol.